The van der Waals surface area contributed by atoms with Crippen molar-refractivity contribution in [2.24, 2.45) is 5.73 Å². The minimum absolute atomic E-state index is 0.0282. The fourth-order valence-corrected chi connectivity index (χ4v) is 5.53. The number of unbranched alkanes of at least 4 members (excludes halogenated alkanes) is 7. The molecule has 0 aromatic heterocycles. The Hall–Kier alpha value is -2.85. The molecule has 0 radical (unpaired) electrons. The van der Waals surface area contributed by atoms with E-state index in [9.17, 15) is 24.2 Å². The molecule has 0 heterocycles. The molecule has 10 nitrogen and oxygen atoms in total. The molecule has 54 heavy (non-hydrogen) atoms. The van der Waals surface area contributed by atoms with E-state index in [1.165, 1.54) is 19.3 Å². The van der Waals surface area contributed by atoms with Crippen LogP contribution in [0.15, 0.2) is 85.1 Å². The van der Waals surface area contributed by atoms with Crippen LogP contribution >= 0.6 is 7.82 Å². The van der Waals surface area contributed by atoms with E-state index in [-0.39, 0.29) is 38.7 Å². The molecule has 0 aliphatic rings. The lowest BCUT2D eigenvalue weighted by atomic mass is 10.1. The largest absolute Gasteiger partial charge is 0.472 e. The van der Waals surface area contributed by atoms with Crippen LogP contribution in [0, 0.1) is 0 Å². The van der Waals surface area contributed by atoms with Gasteiger partial charge in [-0.2, -0.15) is 0 Å². The number of hydrogen-bond donors (Lipinski definition) is 3. The average Bonchev–Trinajstić information content (AvgIpc) is 3.15. The standard InChI is InChI=1S/C43H72NO9P/c1-3-5-7-8-9-10-11-12-13-14-18-21-24-27-30-34-42(46)50-38-41(39-52-54(48,49)51-37-36-44)53-43(47)35-31-28-25-22-19-16-15-17-20-23-26-29-33-40(45)32-6-4-2/h9-10,12-13,15-16,18,20-23,25,29,33,40-41,45H,3-8,11,14,17,19,24,26-28,30-32,34-39,44H2,1-2H3,(H,48,49)/b10-9-,13-12-,16-15-,21-18-,23-20-,25-22-,33-29-/t40-,41-/m1/s1. The number of carbonyl (C=O) groups excluding carboxylic acids is 2. The van der Waals surface area contributed by atoms with Gasteiger partial charge in [-0.3, -0.25) is 18.6 Å². The zero-order chi connectivity index (χ0) is 39.8. The number of phosphoric acid groups is 1. The van der Waals surface area contributed by atoms with Crippen LogP contribution < -0.4 is 5.73 Å². The van der Waals surface area contributed by atoms with E-state index in [4.69, 9.17) is 24.3 Å². The van der Waals surface area contributed by atoms with E-state index in [0.717, 1.165) is 70.6 Å². The second-order valence-corrected chi connectivity index (χ2v) is 14.4. The van der Waals surface area contributed by atoms with Crippen molar-refractivity contribution in [2.75, 3.05) is 26.4 Å². The van der Waals surface area contributed by atoms with E-state index >= 15 is 0 Å². The number of carbonyl (C=O) groups is 2. The van der Waals surface area contributed by atoms with Gasteiger partial charge in [-0.15, -0.1) is 0 Å². The molecule has 0 bridgehead atoms. The van der Waals surface area contributed by atoms with Crippen LogP contribution in [-0.4, -0.2) is 60.5 Å². The fraction of sp³-hybridized carbons (Fsp3) is 0.628. The smallest absolute Gasteiger partial charge is 0.462 e. The lowest BCUT2D eigenvalue weighted by Crippen LogP contribution is -2.29. The topological polar surface area (TPSA) is 155 Å². The van der Waals surface area contributed by atoms with Gasteiger partial charge in [0.15, 0.2) is 6.10 Å². The molecule has 3 atom stereocenters. The minimum Gasteiger partial charge on any atom is -0.462 e. The van der Waals surface area contributed by atoms with Gasteiger partial charge in [-0.1, -0.05) is 125 Å². The van der Waals surface area contributed by atoms with E-state index in [2.05, 4.69) is 74.6 Å². The van der Waals surface area contributed by atoms with Gasteiger partial charge in [0, 0.05) is 19.4 Å². The van der Waals surface area contributed by atoms with Crippen LogP contribution in [0.1, 0.15) is 136 Å². The first kappa shape index (κ1) is 51.1. The normalized spacial score (nSPS) is 14.8. The van der Waals surface area contributed by atoms with E-state index < -0.39 is 32.5 Å². The SMILES string of the molecule is CCCCC/C=C\C/C=C\C/C=C\CCCCC(=O)OC[C@H](COP(=O)(O)OCCN)OC(=O)CCC/C=C\C/C=C\C/C=C\C/C=C\[C@H](O)CCCC. The van der Waals surface area contributed by atoms with Crippen molar-refractivity contribution in [3.05, 3.63) is 85.1 Å². The van der Waals surface area contributed by atoms with Crippen molar-refractivity contribution in [1.82, 2.24) is 0 Å². The monoisotopic (exact) mass is 777 g/mol. The Morgan fingerprint density at radius 2 is 1.13 bits per heavy atom. The summed E-state index contributed by atoms with van der Waals surface area (Å²) in [4.78, 5) is 34.7. The fourth-order valence-electron chi connectivity index (χ4n) is 4.77. The molecule has 308 valence electrons. The molecule has 11 heteroatoms. The Bertz CT molecular complexity index is 1180. The number of aliphatic hydroxyl groups excluding tert-OH is 1. The summed E-state index contributed by atoms with van der Waals surface area (Å²) in [7, 11) is -4.41. The highest BCUT2D eigenvalue weighted by atomic mass is 31.2. The molecule has 0 aromatic rings. The summed E-state index contributed by atoms with van der Waals surface area (Å²) >= 11 is 0. The Kier molecular flexibility index (Phi) is 36.4. The summed E-state index contributed by atoms with van der Waals surface area (Å²) in [6.07, 6.45) is 43.9. The van der Waals surface area contributed by atoms with Crippen LogP contribution in [0.5, 0.6) is 0 Å². The summed E-state index contributed by atoms with van der Waals surface area (Å²) in [5, 5.41) is 9.80. The predicted octanol–water partition coefficient (Wildman–Crippen LogP) is 10.2. The lowest BCUT2D eigenvalue weighted by molar-refractivity contribution is -0.161. The van der Waals surface area contributed by atoms with Crippen molar-refractivity contribution in [3.8, 4) is 0 Å². The molecule has 0 aromatic carbocycles. The second kappa shape index (κ2) is 38.4. The molecule has 0 rings (SSSR count). The third-order valence-electron chi connectivity index (χ3n) is 7.82. The summed E-state index contributed by atoms with van der Waals surface area (Å²) in [6.45, 7) is 3.39. The van der Waals surface area contributed by atoms with Gasteiger partial charge in [0.2, 0.25) is 0 Å². The number of nitrogens with two attached hydrogens (primary N) is 1. The minimum atomic E-state index is -4.41. The quantitative estimate of drug-likeness (QED) is 0.0242. The van der Waals surface area contributed by atoms with E-state index in [1.807, 2.05) is 24.3 Å². The Morgan fingerprint density at radius 1 is 0.630 bits per heavy atom. The third-order valence-corrected chi connectivity index (χ3v) is 8.81. The van der Waals surface area contributed by atoms with E-state index in [1.54, 1.807) is 0 Å². The van der Waals surface area contributed by atoms with Crippen molar-refractivity contribution in [1.29, 1.82) is 0 Å². The molecule has 1 unspecified atom stereocenters. The number of rotatable bonds is 36. The van der Waals surface area contributed by atoms with Gasteiger partial charge in [0.25, 0.3) is 0 Å². The second-order valence-electron chi connectivity index (χ2n) is 13.0. The van der Waals surface area contributed by atoms with Gasteiger partial charge < -0.3 is 25.2 Å². The number of ether oxygens (including phenoxy) is 2. The highest BCUT2D eigenvalue weighted by Crippen LogP contribution is 2.43. The van der Waals surface area contributed by atoms with Crippen LogP contribution in [0.4, 0.5) is 0 Å². The summed E-state index contributed by atoms with van der Waals surface area (Å²) in [5.74, 6) is -0.972. The number of aliphatic hydroxyl groups is 1. The maximum absolute atomic E-state index is 12.5. The molecule has 0 aliphatic heterocycles. The van der Waals surface area contributed by atoms with Gasteiger partial charge >= 0.3 is 19.8 Å². The van der Waals surface area contributed by atoms with Gasteiger partial charge in [-0.05, 0) is 83.5 Å². The Morgan fingerprint density at radius 3 is 1.69 bits per heavy atom. The molecule has 4 N–H and O–H groups in total. The van der Waals surface area contributed by atoms with E-state index in [0.29, 0.717) is 19.3 Å². The lowest BCUT2D eigenvalue weighted by Gasteiger charge is -2.19. The van der Waals surface area contributed by atoms with Crippen LogP contribution in [0.2, 0.25) is 0 Å². The first-order valence-corrected chi connectivity index (χ1v) is 21.6. The molecular formula is C43H72NO9P. The number of hydrogen-bond acceptors (Lipinski definition) is 9. The highest BCUT2D eigenvalue weighted by Gasteiger charge is 2.25. The number of esters is 2. The maximum atomic E-state index is 12.5. The Labute approximate surface area is 326 Å². The highest BCUT2D eigenvalue weighted by molar-refractivity contribution is 7.47. The average molecular weight is 778 g/mol. The molecule has 0 amide bonds. The van der Waals surface area contributed by atoms with Crippen molar-refractivity contribution in [3.63, 3.8) is 0 Å². The maximum Gasteiger partial charge on any atom is 0.472 e. The van der Waals surface area contributed by atoms with Crippen molar-refractivity contribution in [2.45, 2.75) is 148 Å². The summed E-state index contributed by atoms with van der Waals surface area (Å²) in [6, 6.07) is 0. The molecular weight excluding hydrogens is 705 g/mol. The molecule has 0 fully saturated rings. The molecule has 0 aliphatic carbocycles. The van der Waals surface area contributed by atoms with Gasteiger partial charge in [-0.25, -0.2) is 4.57 Å². The Balaban J connectivity index is 4.42. The first-order valence-electron chi connectivity index (χ1n) is 20.2. The summed E-state index contributed by atoms with van der Waals surface area (Å²) in [5.41, 5.74) is 5.33. The molecule has 0 saturated heterocycles. The number of phosphoric ester groups is 1. The van der Waals surface area contributed by atoms with Crippen LogP contribution in [-0.2, 0) is 32.7 Å². The van der Waals surface area contributed by atoms with Crippen molar-refractivity contribution >= 4 is 19.8 Å². The third kappa shape index (κ3) is 37.5. The predicted molar refractivity (Wildman–Crippen MR) is 221 cm³/mol. The molecule has 0 saturated carbocycles. The molecule has 0 spiro atoms. The van der Waals surface area contributed by atoms with Crippen molar-refractivity contribution < 1.29 is 42.7 Å². The van der Waals surface area contributed by atoms with Crippen LogP contribution in [0.3, 0.4) is 0 Å². The zero-order valence-corrected chi connectivity index (χ0v) is 34.2. The first-order chi connectivity index (χ1) is 26.2. The summed E-state index contributed by atoms with van der Waals surface area (Å²) < 4.78 is 32.6. The zero-order valence-electron chi connectivity index (χ0n) is 33.3. The van der Waals surface area contributed by atoms with Gasteiger partial charge in [0.05, 0.1) is 19.3 Å². The number of allylic oxidation sites excluding steroid dienone is 13. The van der Waals surface area contributed by atoms with Gasteiger partial charge in [0.1, 0.15) is 6.61 Å². The van der Waals surface area contributed by atoms with Crippen LogP contribution in [0.25, 0.3) is 0 Å².